The molecular formula is C31H30O10. The molecule has 0 N–H and O–H groups in total. The third-order valence-electron chi connectivity index (χ3n) is 7.89. The molecule has 2 aliphatic heterocycles. The summed E-state index contributed by atoms with van der Waals surface area (Å²) in [5.74, 6) is 0.797. The zero-order valence-electron chi connectivity index (χ0n) is 23.3. The van der Waals surface area contributed by atoms with Crippen LogP contribution in [0.25, 0.3) is 11.1 Å². The van der Waals surface area contributed by atoms with Crippen LogP contribution in [0.1, 0.15) is 54.5 Å². The van der Waals surface area contributed by atoms with E-state index in [1.807, 2.05) is 26.0 Å². The lowest BCUT2D eigenvalue weighted by Gasteiger charge is -2.38. The standard InChI is InChI=1S/C31H30O10/c1-15-16(2)26(41-31(33)18-9-7-6-8-10-18)20-12-22-28(39-14-37-22)30(35-5)24(20)23-19(25(15)40-17(3)32)11-21-27(29(23)34-4)38-13-36-21/h6-12,15-16,25-26H,13-14H2,1-5H3/t15-,16+,25-,26-/m1/s1. The molecule has 10 nitrogen and oxygen atoms in total. The van der Waals surface area contributed by atoms with E-state index in [2.05, 4.69) is 0 Å². The van der Waals surface area contributed by atoms with E-state index in [0.29, 0.717) is 62.3 Å². The number of ether oxygens (including phenoxy) is 8. The maximum absolute atomic E-state index is 13.5. The lowest BCUT2D eigenvalue weighted by molar-refractivity contribution is -0.151. The minimum Gasteiger partial charge on any atom is -0.492 e. The highest BCUT2D eigenvalue weighted by molar-refractivity contribution is 5.91. The average molecular weight is 563 g/mol. The van der Waals surface area contributed by atoms with Gasteiger partial charge in [-0.1, -0.05) is 32.0 Å². The number of methoxy groups -OCH3 is 2. The van der Waals surface area contributed by atoms with Crippen LogP contribution < -0.4 is 28.4 Å². The molecule has 0 unspecified atom stereocenters. The Morgan fingerprint density at radius 2 is 1.22 bits per heavy atom. The Balaban J connectivity index is 1.68. The monoisotopic (exact) mass is 562 g/mol. The van der Waals surface area contributed by atoms with E-state index < -0.39 is 24.1 Å². The molecule has 6 rings (SSSR count). The van der Waals surface area contributed by atoms with Gasteiger partial charge in [-0.15, -0.1) is 0 Å². The summed E-state index contributed by atoms with van der Waals surface area (Å²) < 4.78 is 47.4. The van der Waals surface area contributed by atoms with E-state index in [9.17, 15) is 9.59 Å². The number of fused-ring (bicyclic) bond motifs is 5. The molecule has 0 bridgehead atoms. The number of esters is 2. The Morgan fingerprint density at radius 3 is 1.68 bits per heavy atom. The van der Waals surface area contributed by atoms with Crippen molar-refractivity contribution in [1.29, 1.82) is 0 Å². The van der Waals surface area contributed by atoms with Crippen molar-refractivity contribution in [2.24, 2.45) is 11.8 Å². The van der Waals surface area contributed by atoms with Gasteiger partial charge in [0.15, 0.2) is 23.0 Å². The maximum atomic E-state index is 13.5. The van der Waals surface area contributed by atoms with Crippen molar-refractivity contribution in [2.75, 3.05) is 27.8 Å². The van der Waals surface area contributed by atoms with Gasteiger partial charge in [0.2, 0.25) is 25.1 Å². The van der Waals surface area contributed by atoms with Gasteiger partial charge in [-0.3, -0.25) is 4.79 Å². The molecule has 3 aliphatic rings. The van der Waals surface area contributed by atoms with Gasteiger partial charge in [-0.25, -0.2) is 4.79 Å². The molecule has 0 saturated heterocycles. The van der Waals surface area contributed by atoms with Gasteiger partial charge in [0, 0.05) is 41.0 Å². The SMILES string of the molecule is COc1c2c(cc3c1-c1c(cc4c(c1OC)OCO4)[C@H](OC(=O)c1ccccc1)[C@@H](C)[C@@H](C)[C@H]3OC(C)=O)OCO2. The molecule has 0 saturated carbocycles. The second-order valence-electron chi connectivity index (χ2n) is 10.2. The van der Waals surface area contributed by atoms with Crippen LogP contribution in [-0.2, 0) is 14.3 Å². The van der Waals surface area contributed by atoms with Crippen molar-refractivity contribution in [1.82, 2.24) is 0 Å². The summed E-state index contributed by atoms with van der Waals surface area (Å²) >= 11 is 0. The average Bonchev–Trinajstić information content (AvgIpc) is 3.65. The topological polar surface area (TPSA) is 108 Å². The summed E-state index contributed by atoms with van der Waals surface area (Å²) in [6, 6.07) is 12.4. The first-order valence-electron chi connectivity index (χ1n) is 13.3. The first kappa shape index (κ1) is 26.6. The van der Waals surface area contributed by atoms with Gasteiger partial charge in [0.25, 0.3) is 0 Å². The third kappa shape index (κ3) is 4.34. The fourth-order valence-corrected chi connectivity index (χ4v) is 5.81. The van der Waals surface area contributed by atoms with Crippen LogP contribution in [0.15, 0.2) is 42.5 Å². The zero-order valence-corrected chi connectivity index (χ0v) is 23.3. The maximum Gasteiger partial charge on any atom is 0.338 e. The Kier molecular flexibility index (Phi) is 6.76. The van der Waals surface area contributed by atoms with Crippen LogP contribution in [0, 0.1) is 11.8 Å². The van der Waals surface area contributed by atoms with E-state index in [-0.39, 0.29) is 25.4 Å². The number of hydrogen-bond acceptors (Lipinski definition) is 10. The van der Waals surface area contributed by atoms with E-state index >= 15 is 0 Å². The quantitative estimate of drug-likeness (QED) is 0.364. The summed E-state index contributed by atoms with van der Waals surface area (Å²) in [4.78, 5) is 26.0. The predicted octanol–water partition coefficient (Wildman–Crippen LogP) is 5.62. The number of rotatable bonds is 5. The molecule has 41 heavy (non-hydrogen) atoms. The molecule has 0 radical (unpaired) electrons. The molecule has 0 spiro atoms. The van der Waals surface area contributed by atoms with Crippen molar-refractivity contribution in [2.45, 2.75) is 33.0 Å². The van der Waals surface area contributed by atoms with E-state index in [0.717, 1.165) is 0 Å². The van der Waals surface area contributed by atoms with Crippen LogP contribution in [0.4, 0.5) is 0 Å². The summed E-state index contributed by atoms with van der Waals surface area (Å²) in [5.41, 5.74) is 2.75. The highest BCUT2D eigenvalue weighted by atomic mass is 16.7. The molecule has 2 heterocycles. The number of hydrogen-bond donors (Lipinski definition) is 0. The molecule has 0 fully saturated rings. The van der Waals surface area contributed by atoms with E-state index in [4.69, 9.17) is 37.9 Å². The highest BCUT2D eigenvalue weighted by Gasteiger charge is 2.45. The van der Waals surface area contributed by atoms with Crippen LogP contribution in [0.3, 0.4) is 0 Å². The molecule has 0 aromatic heterocycles. The van der Waals surface area contributed by atoms with Crippen molar-refractivity contribution in [3.05, 3.63) is 59.2 Å². The molecule has 3 aromatic rings. The molecule has 0 amide bonds. The van der Waals surface area contributed by atoms with Crippen LogP contribution >= 0.6 is 0 Å². The second-order valence-corrected chi connectivity index (χ2v) is 10.2. The zero-order chi connectivity index (χ0) is 28.8. The smallest absolute Gasteiger partial charge is 0.338 e. The Labute approximate surface area is 237 Å². The molecular weight excluding hydrogens is 532 g/mol. The van der Waals surface area contributed by atoms with Crippen molar-refractivity contribution < 1.29 is 47.5 Å². The van der Waals surface area contributed by atoms with Gasteiger partial charge in [0.05, 0.1) is 19.8 Å². The normalized spacial score (nSPS) is 21.6. The van der Waals surface area contributed by atoms with Crippen LogP contribution in [0.5, 0.6) is 34.5 Å². The fraction of sp³-hybridized carbons (Fsp3) is 0.355. The second kappa shape index (κ2) is 10.4. The molecule has 1 aliphatic carbocycles. The Bertz CT molecular complexity index is 1520. The lowest BCUT2D eigenvalue weighted by atomic mass is 9.74. The van der Waals surface area contributed by atoms with Crippen LogP contribution in [-0.4, -0.2) is 39.7 Å². The van der Waals surface area contributed by atoms with Crippen molar-refractivity contribution >= 4 is 11.9 Å². The molecule has 10 heteroatoms. The third-order valence-corrected chi connectivity index (χ3v) is 7.89. The summed E-state index contributed by atoms with van der Waals surface area (Å²) in [6.07, 6.45) is -1.57. The number of carbonyl (C=O) groups is 2. The summed E-state index contributed by atoms with van der Waals surface area (Å²) in [7, 11) is 3.05. The van der Waals surface area contributed by atoms with Crippen molar-refractivity contribution in [3.63, 3.8) is 0 Å². The van der Waals surface area contributed by atoms with Gasteiger partial charge < -0.3 is 37.9 Å². The minimum atomic E-state index is -0.808. The van der Waals surface area contributed by atoms with E-state index in [1.54, 1.807) is 30.3 Å². The number of carbonyl (C=O) groups excluding carboxylic acids is 2. The van der Waals surface area contributed by atoms with Gasteiger partial charge in [-0.2, -0.15) is 0 Å². The fourth-order valence-electron chi connectivity index (χ4n) is 5.81. The minimum absolute atomic E-state index is 0.00121. The first-order chi connectivity index (χ1) is 19.8. The highest BCUT2D eigenvalue weighted by Crippen LogP contribution is 2.61. The Hall–Kier alpha value is -4.60. The van der Waals surface area contributed by atoms with Crippen molar-refractivity contribution in [3.8, 4) is 45.6 Å². The molecule has 214 valence electrons. The van der Waals surface area contributed by atoms with Crippen LogP contribution in [0.2, 0.25) is 0 Å². The summed E-state index contributed by atoms with van der Waals surface area (Å²) in [5, 5.41) is 0. The predicted molar refractivity (Wildman–Crippen MR) is 145 cm³/mol. The Morgan fingerprint density at radius 1 is 0.732 bits per heavy atom. The summed E-state index contributed by atoms with van der Waals surface area (Å²) in [6.45, 7) is 5.27. The lowest BCUT2D eigenvalue weighted by Crippen LogP contribution is -2.31. The van der Waals surface area contributed by atoms with Gasteiger partial charge in [0.1, 0.15) is 12.2 Å². The number of benzene rings is 3. The van der Waals surface area contributed by atoms with Gasteiger partial charge in [-0.05, 0) is 24.3 Å². The van der Waals surface area contributed by atoms with Gasteiger partial charge >= 0.3 is 11.9 Å². The molecule has 4 atom stereocenters. The van der Waals surface area contributed by atoms with E-state index in [1.165, 1.54) is 21.1 Å². The first-order valence-corrected chi connectivity index (χ1v) is 13.3. The molecule has 3 aromatic carbocycles. The largest absolute Gasteiger partial charge is 0.492 e.